The Morgan fingerprint density at radius 2 is 1.42 bits per heavy atom. The summed E-state index contributed by atoms with van der Waals surface area (Å²) in [6.07, 6.45) is 0. The molecular formula is C26H36N2O3. The Balaban J connectivity index is 2.24. The standard InChI is InChI=1S/C26H36N2O3/c1-8-31-20-14-12-19(13-15-20)25(29)27-23(18(6)7)26(30)28-24-21(16(2)3)10-9-11-22(24)17(4)5/h9-18,23H,8H2,1-7H3,(H,27,29)(H,28,30)/t23-/m0/s1. The summed E-state index contributed by atoms with van der Waals surface area (Å²) in [5.41, 5.74) is 3.55. The molecule has 2 aromatic rings. The summed E-state index contributed by atoms with van der Waals surface area (Å²) in [5.74, 6) is 0.696. The summed E-state index contributed by atoms with van der Waals surface area (Å²) in [4.78, 5) is 26.1. The highest BCUT2D eigenvalue weighted by atomic mass is 16.5. The van der Waals surface area contributed by atoms with Gasteiger partial charge in [-0.25, -0.2) is 0 Å². The zero-order valence-electron chi connectivity index (χ0n) is 19.8. The topological polar surface area (TPSA) is 67.4 Å². The molecule has 0 aliphatic carbocycles. The predicted molar refractivity (Wildman–Crippen MR) is 127 cm³/mol. The van der Waals surface area contributed by atoms with E-state index in [0.717, 1.165) is 16.8 Å². The van der Waals surface area contributed by atoms with Crippen molar-refractivity contribution in [3.05, 3.63) is 59.2 Å². The van der Waals surface area contributed by atoms with E-state index in [2.05, 4.69) is 50.5 Å². The predicted octanol–water partition coefficient (Wildman–Crippen LogP) is 5.73. The van der Waals surface area contributed by atoms with Crippen LogP contribution in [0, 0.1) is 5.92 Å². The zero-order valence-corrected chi connectivity index (χ0v) is 19.8. The number of amides is 2. The van der Waals surface area contributed by atoms with Crippen molar-refractivity contribution in [1.82, 2.24) is 5.32 Å². The van der Waals surface area contributed by atoms with Crippen molar-refractivity contribution >= 4 is 17.5 Å². The van der Waals surface area contributed by atoms with Crippen molar-refractivity contribution in [1.29, 1.82) is 0 Å². The van der Waals surface area contributed by atoms with Gasteiger partial charge in [0, 0.05) is 11.3 Å². The van der Waals surface area contributed by atoms with E-state index in [-0.39, 0.29) is 29.6 Å². The summed E-state index contributed by atoms with van der Waals surface area (Å²) in [6.45, 7) is 14.8. The number of carbonyl (C=O) groups is 2. The van der Waals surface area contributed by atoms with E-state index in [1.165, 1.54) is 0 Å². The molecule has 2 amide bonds. The van der Waals surface area contributed by atoms with Crippen LogP contribution in [0.15, 0.2) is 42.5 Å². The van der Waals surface area contributed by atoms with E-state index in [1.807, 2.05) is 26.8 Å². The van der Waals surface area contributed by atoms with Crippen molar-refractivity contribution in [2.45, 2.75) is 66.3 Å². The van der Waals surface area contributed by atoms with Crippen molar-refractivity contribution in [3.63, 3.8) is 0 Å². The number of ether oxygens (including phenoxy) is 1. The molecular weight excluding hydrogens is 388 g/mol. The Kier molecular flexibility index (Phi) is 8.66. The second-order valence-corrected chi connectivity index (χ2v) is 8.76. The van der Waals surface area contributed by atoms with Gasteiger partial charge >= 0.3 is 0 Å². The Hall–Kier alpha value is -2.82. The van der Waals surface area contributed by atoms with Gasteiger partial charge in [-0.05, 0) is 60.1 Å². The van der Waals surface area contributed by atoms with Crippen LogP contribution in [0.5, 0.6) is 5.75 Å². The maximum absolute atomic E-state index is 13.3. The minimum absolute atomic E-state index is 0.0691. The number of hydrogen-bond donors (Lipinski definition) is 2. The number of anilines is 1. The Bertz CT molecular complexity index is 860. The number of rotatable bonds is 9. The highest BCUT2D eigenvalue weighted by Gasteiger charge is 2.26. The first-order valence-electron chi connectivity index (χ1n) is 11.1. The van der Waals surface area contributed by atoms with Gasteiger partial charge < -0.3 is 15.4 Å². The normalized spacial score (nSPS) is 12.2. The van der Waals surface area contributed by atoms with Gasteiger partial charge in [-0.15, -0.1) is 0 Å². The van der Waals surface area contributed by atoms with Crippen LogP contribution in [0.25, 0.3) is 0 Å². The largest absolute Gasteiger partial charge is 0.494 e. The molecule has 5 nitrogen and oxygen atoms in total. The number of hydrogen-bond acceptors (Lipinski definition) is 3. The fourth-order valence-electron chi connectivity index (χ4n) is 3.53. The molecule has 5 heteroatoms. The van der Waals surface area contributed by atoms with E-state index in [1.54, 1.807) is 24.3 Å². The maximum atomic E-state index is 13.3. The van der Waals surface area contributed by atoms with E-state index >= 15 is 0 Å². The van der Waals surface area contributed by atoms with Gasteiger partial charge in [-0.1, -0.05) is 59.7 Å². The number of nitrogens with one attached hydrogen (secondary N) is 2. The third-order valence-corrected chi connectivity index (χ3v) is 5.28. The lowest BCUT2D eigenvalue weighted by molar-refractivity contribution is -0.118. The van der Waals surface area contributed by atoms with Crippen LogP contribution in [0.3, 0.4) is 0 Å². The van der Waals surface area contributed by atoms with Crippen LogP contribution in [-0.2, 0) is 4.79 Å². The quantitative estimate of drug-likeness (QED) is 0.540. The molecule has 0 fully saturated rings. The lowest BCUT2D eigenvalue weighted by atomic mass is 9.92. The Morgan fingerprint density at radius 3 is 1.87 bits per heavy atom. The highest BCUT2D eigenvalue weighted by Crippen LogP contribution is 2.32. The van der Waals surface area contributed by atoms with Crippen LogP contribution in [0.4, 0.5) is 5.69 Å². The summed E-state index contributed by atoms with van der Waals surface area (Å²) in [6, 6.07) is 12.4. The minimum Gasteiger partial charge on any atom is -0.494 e. The number of benzene rings is 2. The zero-order chi connectivity index (χ0) is 23.1. The van der Waals surface area contributed by atoms with Gasteiger partial charge in [-0.3, -0.25) is 9.59 Å². The monoisotopic (exact) mass is 424 g/mol. The van der Waals surface area contributed by atoms with E-state index in [4.69, 9.17) is 4.74 Å². The number of para-hydroxylation sites is 1. The van der Waals surface area contributed by atoms with Gasteiger partial charge in [0.05, 0.1) is 6.61 Å². The molecule has 1 atom stereocenters. The van der Waals surface area contributed by atoms with E-state index < -0.39 is 6.04 Å². The first-order valence-corrected chi connectivity index (χ1v) is 11.1. The fourth-order valence-corrected chi connectivity index (χ4v) is 3.53. The van der Waals surface area contributed by atoms with Crippen molar-refractivity contribution in [2.75, 3.05) is 11.9 Å². The minimum atomic E-state index is -0.653. The maximum Gasteiger partial charge on any atom is 0.251 e. The average molecular weight is 425 g/mol. The highest BCUT2D eigenvalue weighted by molar-refractivity contribution is 6.02. The molecule has 2 N–H and O–H groups in total. The van der Waals surface area contributed by atoms with E-state index in [9.17, 15) is 9.59 Å². The molecule has 0 radical (unpaired) electrons. The van der Waals surface area contributed by atoms with Gasteiger partial charge in [0.2, 0.25) is 5.91 Å². The second kappa shape index (κ2) is 11.0. The Labute approximate surface area is 186 Å². The molecule has 0 aliphatic heterocycles. The average Bonchev–Trinajstić information content (AvgIpc) is 2.72. The van der Waals surface area contributed by atoms with Crippen LogP contribution >= 0.6 is 0 Å². The molecule has 0 saturated carbocycles. The lowest BCUT2D eigenvalue weighted by Crippen LogP contribution is -2.47. The van der Waals surface area contributed by atoms with Crippen LogP contribution in [0.2, 0.25) is 0 Å². The van der Waals surface area contributed by atoms with Gasteiger partial charge in [0.1, 0.15) is 11.8 Å². The van der Waals surface area contributed by atoms with E-state index in [0.29, 0.717) is 17.9 Å². The third-order valence-electron chi connectivity index (χ3n) is 5.28. The third kappa shape index (κ3) is 6.33. The number of carbonyl (C=O) groups excluding carboxylic acids is 2. The summed E-state index contributed by atoms with van der Waals surface area (Å²) < 4.78 is 5.43. The molecule has 2 aromatic carbocycles. The smallest absolute Gasteiger partial charge is 0.251 e. The van der Waals surface area contributed by atoms with Gasteiger partial charge in [0.15, 0.2) is 0 Å². The van der Waals surface area contributed by atoms with Crippen molar-refractivity contribution in [2.24, 2.45) is 5.92 Å². The second-order valence-electron chi connectivity index (χ2n) is 8.76. The molecule has 0 heterocycles. The SMILES string of the molecule is CCOc1ccc(C(=O)N[C@H](C(=O)Nc2c(C(C)C)cccc2C(C)C)C(C)C)cc1. The fraction of sp³-hybridized carbons (Fsp3) is 0.462. The lowest BCUT2D eigenvalue weighted by Gasteiger charge is -2.25. The van der Waals surface area contributed by atoms with Crippen LogP contribution in [0.1, 0.15) is 81.8 Å². The molecule has 2 rings (SSSR count). The van der Waals surface area contributed by atoms with Crippen molar-refractivity contribution in [3.8, 4) is 5.75 Å². The Morgan fingerprint density at radius 1 is 0.871 bits per heavy atom. The molecule has 168 valence electrons. The molecule has 0 saturated heterocycles. The summed E-state index contributed by atoms with van der Waals surface area (Å²) >= 11 is 0. The van der Waals surface area contributed by atoms with Crippen LogP contribution in [-0.4, -0.2) is 24.5 Å². The van der Waals surface area contributed by atoms with Crippen molar-refractivity contribution < 1.29 is 14.3 Å². The van der Waals surface area contributed by atoms with Gasteiger partial charge in [0.25, 0.3) is 5.91 Å². The molecule has 31 heavy (non-hydrogen) atoms. The first kappa shape index (κ1) is 24.4. The molecule has 0 unspecified atom stereocenters. The van der Waals surface area contributed by atoms with Crippen LogP contribution < -0.4 is 15.4 Å². The summed E-state index contributed by atoms with van der Waals surface area (Å²) in [5, 5.41) is 6.04. The molecule has 0 aromatic heterocycles. The summed E-state index contributed by atoms with van der Waals surface area (Å²) in [7, 11) is 0. The van der Waals surface area contributed by atoms with Gasteiger partial charge in [-0.2, -0.15) is 0 Å². The first-order chi connectivity index (χ1) is 14.6. The molecule has 0 aliphatic rings. The molecule has 0 bridgehead atoms. The molecule has 0 spiro atoms.